The minimum absolute atomic E-state index is 0.646. The van der Waals surface area contributed by atoms with E-state index >= 15 is 0 Å². The van der Waals surface area contributed by atoms with E-state index in [1.54, 1.807) is 11.3 Å². The standard InChI is InChI=1S/C50H31N3OS/c1-4-14-32(15-5-1)33-26-28-36(29-27-33)53(35-18-8-3-9-19-35)42-30-31-43-45-37(21-12-23-39(42)45)38-22-13-24-41(48(38)54-43)50-51-46(34-16-6-2-7-17-34)49-47(52-50)40-20-10-11-25-44(40)55-49/h1-31H. The van der Waals surface area contributed by atoms with Gasteiger partial charge in [0, 0.05) is 43.4 Å². The van der Waals surface area contributed by atoms with Crippen molar-refractivity contribution < 1.29 is 4.74 Å². The van der Waals surface area contributed by atoms with Crippen molar-refractivity contribution in [3.63, 3.8) is 0 Å². The van der Waals surface area contributed by atoms with Crippen LogP contribution < -0.4 is 9.64 Å². The van der Waals surface area contributed by atoms with Crippen LogP contribution in [0.2, 0.25) is 0 Å². The summed E-state index contributed by atoms with van der Waals surface area (Å²) in [5.41, 5.74) is 11.6. The third kappa shape index (κ3) is 5.20. The van der Waals surface area contributed by atoms with Gasteiger partial charge in [0.15, 0.2) is 5.82 Å². The summed E-state index contributed by atoms with van der Waals surface area (Å²) in [5.74, 6) is 2.23. The Kier molecular flexibility index (Phi) is 7.32. The number of fused-ring (bicyclic) bond motifs is 5. The Bertz CT molecular complexity index is 3050. The Labute approximate surface area is 322 Å². The van der Waals surface area contributed by atoms with Gasteiger partial charge in [-0.05, 0) is 65.2 Å². The molecule has 1 aliphatic rings. The van der Waals surface area contributed by atoms with Crippen LogP contribution in [0.15, 0.2) is 188 Å². The Hall–Kier alpha value is -7.08. The molecule has 4 nitrogen and oxygen atoms in total. The second-order valence-corrected chi connectivity index (χ2v) is 14.8. The number of hydrogen-bond donors (Lipinski definition) is 0. The molecule has 10 aromatic rings. The van der Waals surface area contributed by atoms with Crippen molar-refractivity contribution in [2.75, 3.05) is 4.90 Å². The van der Waals surface area contributed by atoms with Crippen LogP contribution in [-0.2, 0) is 0 Å². The molecule has 0 N–H and O–H groups in total. The van der Waals surface area contributed by atoms with Gasteiger partial charge in [-0.15, -0.1) is 11.3 Å². The lowest BCUT2D eigenvalue weighted by Crippen LogP contribution is -2.11. The van der Waals surface area contributed by atoms with Crippen LogP contribution >= 0.6 is 11.3 Å². The molecule has 0 saturated carbocycles. The predicted octanol–water partition coefficient (Wildman–Crippen LogP) is 14.2. The van der Waals surface area contributed by atoms with Gasteiger partial charge in [-0.3, -0.25) is 0 Å². The molecule has 55 heavy (non-hydrogen) atoms. The molecule has 0 atom stereocenters. The quantitative estimate of drug-likeness (QED) is 0.171. The van der Waals surface area contributed by atoms with Crippen LogP contribution in [0.5, 0.6) is 11.5 Å². The predicted molar refractivity (Wildman–Crippen MR) is 229 cm³/mol. The van der Waals surface area contributed by atoms with Gasteiger partial charge in [0.05, 0.1) is 27.2 Å². The summed E-state index contributed by atoms with van der Waals surface area (Å²) in [5, 5.41) is 3.32. The average molecular weight is 722 g/mol. The Morgan fingerprint density at radius 3 is 1.87 bits per heavy atom. The molecule has 3 heterocycles. The molecule has 2 aromatic heterocycles. The first-order valence-corrected chi connectivity index (χ1v) is 19.2. The second-order valence-electron chi connectivity index (χ2n) is 13.7. The first-order chi connectivity index (χ1) is 27.3. The summed E-state index contributed by atoms with van der Waals surface area (Å²) < 4.78 is 9.26. The van der Waals surface area contributed by atoms with Crippen molar-refractivity contribution >= 4 is 59.5 Å². The molecule has 5 heteroatoms. The van der Waals surface area contributed by atoms with Gasteiger partial charge in [0.1, 0.15) is 11.5 Å². The fourth-order valence-corrected chi connectivity index (χ4v) is 9.10. The van der Waals surface area contributed by atoms with Crippen molar-refractivity contribution in [1.29, 1.82) is 0 Å². The number of nitrogens with zero attached hydrogens (tertiary/aromatic N) is 3. The number of benzene rings is 8. The van der Waals surface area contributed by atoms with Gasteiger partial charge in [-0.1, -0.05) is 140 Å². The first-order valence-electron chi connectivity index (χ1n) is 18.4. The molecule has 258 valence electrons. The fraction of sp³-hybridized carbons (Fsp3) is 0. The van der Waals surface area contributed by atoms with Gasteiger partial charge in [-0.25, -0.2) is 9.97 Å². The highest BCUT2D eigenvalue weighted by Gasteiger charge is 2.27. The SMILES string of the molecule is c1ccc(-c2ccc(N(c3ccccc3)c3ccc4c5c(cccc35)-c3cccc(-c5nc(-c6ccccc6)c6sc7ccccc7c6n5)c3O4)cc2)cc1. The summed E-state index contributed by atoms with van der Waals surface area (Å²) in [7, 11) is 0. The molecule has 0 spiro atoms. The number of para-hydroxylation sites is 2. The summed E-state index contributed by atoms with van der Waals surface area (Å²) in [6.07, 6.45) is 0. The maximum atomic E-state index is 6.98. The Morgan fingerprint density at radius 1 is 0.455 bits per heavy atom. The monoisotopic (exact) mass is 721 g/mol. The van der Waals surface area contributed by atoms with E-state index in [9.17, 15) is 0 Å². The molecule has 0 bridgehead atoms. The summed E-state index contributed by atoms with van der Waals surface area (Å²) in [4.78, 5) is 12.9. The van der Waals surface area contributed by atoms with E-state index in [1.807, 2.05) is 6.07 Å². The van der Waals surface area contributed by atoms with Crippen molar-refractivity contribution in [3.05, 3.63) is 188 Å². The lowest BCUT2D eigenvalue weighted by Gasteiger charge is -2.29. The van der Waals surface area contributed by atoms with Crippen LogP contribution in [0, 0.1) is 0 Å². The number of rotatable bonds is 6. The molecular formula is C50H31N3OS. The van der Waals surface area contributed by atoms with Crippen LogP contribution in [0.4, 0.5) is 17.1 Å². The lowest BCUT2D eigenvalue weighted by atomic mass is 9.92. The van der Waals surface area contributed by atoms with E-state index in [2.05, 4.69) is 187 Å². The molecule has 8 aromatic carbocycles. The number of hydrogen-bond acceptors (Lipinski definition) is 5. The largest absolute Gasteiger partial charge is 0.455 e. The molecule has 0 radical (unpaired) electrons. The topological polar surface area (TPSA) is 38.2 Å². The van der Waals surface area contributed by atoms with E-state index in [0.717, 1.165) is 82.9 Å². The number of aromatic nitrogens is 2. The van der Waals surface area contributed by atoms with Crippen molar-refractivity contribution in [2.24, 2.45) is 0 Å². The Balaban J connectivity index is 1.08. The van der Waals surface area contributed by atoms with Crippen LogP contribution in [-0.4, -0.2) is 9.97 Å². The minimum atomic E-state index is 0.646. The van der Waals surface area contributed by atoms with Crippen LogP contribution in [0.25, 0.3) is 76.0 Å². The zero-order valence-electron chi connectivity index (χ0n) is 29.6. The molecule has 0 saturated heterocycles. The molecule has 0 aliphatic carbocycles. The third-order valence-corrected chi connectivity index (χ3v) is 11.7. The highest BCUT2D eigenvalue weighted by Crippen LogP contribution is 2.53. The average Bonchev–Trinajstić information content (AvgIpc) is 3.64. The smallest absolute Gasteiger partial charge is 0.164 e. The molecule has 0 fully saturated rings. The molecule has 0 unspecified atom stereocenters. The van der Waals surface area contributed by atoms with Crippen molar-refractivity contribution in [1.82, 2.24) is 9.97 Å². The fourth-order valence-electron chi connectivity index (χ4n) is 7.95. The minimum Gasteiger partial charge on any atom is -0.455 e. The van der Waals surface area contributed by atoms with E-state index in [0.29, 0.717) is 5.82 Å². The summed E-state index contributed by atoms with van der Waals surface area (Å²) >= 11 is 1.74. The maximum absolute atomic E-state index is 6.98. The van der Waals surface area contributed by atoms with Crippen LogP contribution in [0.3, 0.4) is 0 Å². The molecule has 11 rings (SSSR count). The Morgan fingerprint density at radius 2 is 1.07 bits per heavy atom. The molecular weight excluding hydrogens is 691 g/mol. The van der Waals surface area contributed by atoms with E-state index in [1.165, 1.54) is 15.8 Å². The molecule has 0 amide bonds. The maximum Gasteiger partial charge on any atom is 0.164 e. The van der Waals surface area contributed by atoms with E-state index in [-0.39, 0.29) is 0 Å². The zero-order chi connectivity index (χ0) is 36.3. The molecule has 1 aliphatic heterocycles. The highest BCUT2D eigenvalue weighted by molar-refractivity contribution is 7.26. The van der Waals surface area contributed by atoms with Gasteiger partial charge in [-0.2, -0.15) is 0 Å². The highest BCUT2D eigenvalue weighted by atomic mass is 32.1. The number of ether oxygens (including phenoxy) is 1. The second kappa shape index (κ2) is 12.8. The zero-order valence-corrected chi connectivity index (χ0v) is 30.4. The summed E-state index contributed by atoms with van der Waals surface area (Å²) in [6, 6.07) is 66.0. The van der Waals surface area contributed by atoms with Crippen LogP contribution in [0.1, 0.15) is 0 Å². The number of anilines is 3. The van der Waals surface area contributed by atoms with Gasteiger partial charge < -0.3 is 9.64 Å². The van der Waals surface area contributed by atoms with E-state index < -0.39 is 0 Å². The first kappa shape index (κ1) is 31.4. The lowest BCUT2D eigenvalue weighted by molar-refractivity contribution is 0.488. The van der Waals surface area contributed by atoms with E-state index in [4.69, 9.17) is 14.7 Å². The van der Waals surface area contributed by atoms with Gasteiger partial charge >= 0.3 is 0 Å². The normalized spacial score (nSPS) is 11.8. The van der Waals surface area contributed by atoms with Gasteiger partial charge in [0.2, 0.25) is 0 Å². The van der Waals surface area contributed by atoms with Gasteiger partial charge in [0.25, 0.3) is 0 Å². The van der Waals surface area contributed by atoms with Crippen molar-refractivity contribution in [3.8, 4) is 56.4 Å². The summed E-state index contributed by atoms with van der Waals surface area (Å²) in [6.45, 7) is 0. The number of thiophene rings is 1. The van der Waals surface area contributed by atoms with Crippen molar-refractivity contribution in [2.45, 2.75) is 0 Å². The third-order valence-electron chi connectivity index (χ3n) is 10.5.